The number of aryl methyl sites for hydroxylation is 1. The average molecular weight is 257 g/mol. The molecular formula is C9H5Cl2F3O. The van der Waals surface area contributed by atoms with Crippen molar-refractivity contribution in [3.05, 3.63) is 33.8 Å². The van der Waals surface area contributed by atoms with Crippen molar-refractivity contribution in [1.29, 1.82) is 0 Å². The van der Waals surface area contributed by atoms with Gasteiger partial charge in [0.1, 0.15) is 0 Å². The zero-order valence-corrected chi connectivity index (χ0v) is 8.96. The maximum absolute atomic E-state index is 12.5. The molecule has 0 aliphatic carbocycles. The first-order valence-electron chi connectivity index (χ1n) is 3.80. The molecule has 0 bridgehead atoms. The Hall–Kier alpha value is -0.740. The molecule has 0 saturated heterocycles. The second-order valence-electron chi connectivity index (χ2n) is 2.92. The Morgan fingerprint density at radius 3 is 2.27 bits per heavy atom. The van der Waals surface area contributed by atoms with Crippen LogP contribution in [0, 0.1) is 6.92 Å². The molecule has 0 amide bonds. The van der Waals surface area contributed by atoms with Gasteiger partial charge in [0.05, 0.1) is 5.56 Å². The summed E-state index contributed by atoms with van der Waals surface area (Å²) in [6.45, 7) is 1.49. The molecule has 0 heterocycles. The molecule has 0 aliphatic rings. The molecular weight excluding hydrogens is 252 g/mol. The second-order valence-corrected chi connectivity index (χ2v) is 3.67. The van der Waals surface area contributed by atoms with Gasteiger partial charge in [-0.15, -0.1) is 0 Å². The summed E-state index contributed by atoms with van der Waals surface area (Å²) in [6.07, 6.45) is -4.64. The van der Waals surface area contributed by atoms with Crippen molar-refractivity contribution in [3.8, 4) is 0 Å². The average Bonchev–Trinajstić information content (AvgIpc) is 2.06. The molecule has 0 aliphatic heterocycles. The number of benzene rings is 1. The van der Waals surface area contributed by atoms with Crippen molar-refractivity contribution in [2.75, 3.05) is 0 Å². The minimum absolute atomic E-state index is 0.0519. The van der Waals surface area contributed by atoms with Gasteiger partial charge in [-0.3, -0.25) is 4.79 Å². The first-order valence-corrected chi connectivity index (χ1v) is 4.56. The van der Waals surface area contributed by atoms with E-state index in [1.54, 1.807) is 0 Å². The lowest BCUT2D eigenvalue weighted by molar-refractivity contribution is -0.137. The normalized spacial score (nSPS) is 11.6. The fraction of sp³-hybridized carbons (Fsp3) is 0.222. The lowest BCUT2D eigenvalue weighted by Crippen LogP contribution is -2.11. The van der Waals surface area contributed by atoms with E-state index >= 15 is 0 Å². The number of halogens is 5. The van der Waals surface area contributed by atoms with Crippen molar-refractivity contribution in [3.63, 3.8) is 0 Å². The molecule has 6 heteroatoms. The molecule has 1 aromatic rings. The topological polar surface area (TPSA) is 17.1 Å². The van der Waals surface area contributed by atoms with Crippen molar-refractivity contribution in [2.24, 2.45) is 0 Å². The minimum Gasteiger partial charge on any atom is -0.276 e. The molecule has 82 valence electrons. The van der Waals surface area contributed by atoms with Crippen LogP contribution in [0.25, 0.3) is 0 Å². The summed E-state index contributed by atoms with van der Waals surface area (Å²) in [5.74, 6) is 0. The fourth-order valence-electron chi connectivity index (χ4n) is 1.08. The van der Waals surface area contributed by atoms with E-state index in [-0.39, 0.29) is 5.02 Å². The summed E-state index contributed by atoms with van der Waals surface area (Å²) in [5.41, 5.74) is -1.32. The van der Waals surface area contributed by atoms with Crippen molar-refractivity contribution in [1.82, 2.24) is 0 Å². The van der Waals surface area contributed by atoms with Crippen molar-refractivity contribution < 1.29 is 18.0 Å². The van der Waals surface area contributed by atoms with E-state index in [1.165, 1.54) is 6.92 Å². The van der Waals surface area contributed by atoms with Crippen LogP contribution in [0.1, 0.15) is 21.5 Å². The van der Waals surface area contributed by atoms with Crippen LogP contribution in [-0.4, -0.2) is 5.24 Å². The van der Waals surface area contributed by atoms with Gasteiger partial charge in [0, 0.05) is 10.6 Å². The summed E-state index contributed by atoms with van der Waals surface area (Å²) < 4.78 is 37.4. The summed E-state index contributed by atoms with van der Waals surface area (Å²) in [6, 6.07) is 1.73. The van der Waals surface area contributed by atoms with E-state index in [0.29, 0.717) is 11.6 Å². The van der Waals surface area contributed by atoms with E-state index in [9.17, 15) is 18.0 Å². The van der Waals surface area contributed by atoms with E-state index in [4.69, 9.17) is 23.2 Å². The Kier molecular flexibility index (Phi) is 3.31. The largest absolute Gasteiger partial charge is 0.417 e. The van der Waals surface area contributed by atoms with Crippen LogP contribution in [0.3, 0.4) is 0 Å². The van der Waals surface area contributed by atoms with E-state index < -0.39 is 22.5 Å². The number of hydrogen-bond acceptors (Lipinski definition) is 1. The maximum atomic E-state index is 12.5. The standard InChI is InChI=1S/C9H5Cl2F3O/c1-4-2-5(8(11)15)6(3-7(4)10)9(12,13)14/h2-3H,1H3. The number of carbonyl (C=O) groups is 1. The second kappa shape index (κ2) is 4.02. The maximum Gasteiger partial charge on any atom is 0.417 e. The molecule has 1 nitrogen and oxygen atoms in total. The van der Waals surface area contributed by atoms with Gasteiger partial charge in [-0.2, -0.15) is 13.2 Å². The lowest BCUT2D eigenvalue weighted by Gasteiger charge is -2.11. The number of carbonyl (C=O) groups excluding carboxylic acids is 1. The summed E-state index contributed by atoms with van der Waals surface area (Å²) in [7, 11) is 0. The van der Waals surface area contributed by atoms with Crippen molar-refractivity contribution >= 4 is 28.4 Å². The smallest absolute Gasteiger partial charge is 0.276 e. The van der Waals surface area contributed by atoms with Crippen LogP contribution in [-0.2, 0) is 6.18 Å². The van der Waals surface area contributed by atoms with Crippen LogP contribution in [0.2, 0.25) is 5.02 Å². The third-order valence-corrected chi connectivity index (χ3v) is 2.43. The summed E-state index contributed by atoms with van der Waals surface area (Å²) in [4.78, 5) is 10.8. The van der Waals surface area contributed by atoms with Gasteiger partial charge in [-0.25, -0.2) is 0 Å². The number of hydrogen-bond donors (Lipinski definition) is 0. The van der Waals surface area contributed by atoms with Gasteiger partial charge >= 0.3 is 6.18 Å². The Balaban J connectivity index is 3.49. The first kappa shape index (κ1) is 12.3. The Morgan fingerprint density at radius 1 is 1.33 bits per heavy atom. The van der Waals surface area contributed by atoms with Crippen LogP contribution in [0.15, 0.2) is 12.1 Å². The molecule has 0 atom stereocenters. The highest BCUT2D eigenvalue weighted by Crippen LogP contribution is 2.35. The Labute approximate surface area is 93.8 Å². The van der Waals surface area contributed by atoms with E-state index in [0.717, 1.165) is 6.07 Å². The predicted molar refractivity (Wildman–Crippen MR) is 51.4 cm³/mol. The fourth-order valence-corrected chi connectivity index (χ4v) is 1.40. The quantitative estimate of drug-likeness (QED) is 0.693. The molecule has 0 radical (unpaired) electrons. The predicted octanol–water partition coefficient (Wildman–Crippen LogP) is 4.05. The molecule has 0 unspecified atom stereocenters. The van der Waals surface area contributed by atoms with E-state index in [2.05, 4.69) is 0 Å². The monoisotopic (exact) mass is 256 g/mol. The molecule has 0 fully saturated rings. The highest BCUT2D eigenvalue weighted by atomic mass is 35.5. The van der Waals surface area contributed by atoms with Crippen LogP contribution < -0.4 is 0 Å². The zero-order valence-electron chi connectivity index (χ0n) is 7.45. The first-order chi connectivity index (χ1) is 6.73. The minimum atomic E-state index is -4.64. The zero-order chi connectivity index (χ0) is 11.8. The van der Waals surface area contributed by atoms with Gasteiger partial charge in [0.2, 0.25) is 0 Å². The highest BCUT2D eigenvalue weighted by molar-refractivity contribution is 6.68. The summed E-state index contributed by atoms with van der Waals surface area (Å²) >= 11 is 10.6. The molecule has 0 spiro atoms. The molecule has 1 aromatic carbocycles. The van der Waals surface area contributed by atoms with Gasteiger partial charge in [-0.05, 0) is 36.2 Å². The third kappa shape index (κ3) is 2.63. The SMILES string of the molecule is Cc1cc(C(=O)Cl)c(C(F)(F)F)cc1Cl. The third-order valence-electron chi connectivity index (χ3n) is 1.82. The van der Waals surface area contributed by atoms with Gasteiger partial charge < -0.3 is 0 Å². The van der Waals surface area contributed by atoms with Gasteiger partial charge in [0.15, 0.2) is 0 Å². The molecule has 15 heavy (non-hydrogen) atoms. The highest BCUT2D eigenvalue weighted by Gasteiger charge is 2.35. The Morgan fingerprint density at radius 2 is 1.87 bits per heavy atom. The van der Waals surface area contributed by atoms with Gasteiger partial charge in [0.25, 0.3) is 5.24 Å². The lowest BCUT2D eigenvalue weighted by atomic mass is 10.0. The van der Waals surface area contributed by atoms with E-state index in [1.807, 2.05) is 0 Å². The van der Waals surface area contributed by atoms with Crippen LogP contribution in [0.4, 0.5) is 13.2 Å². The van der Waals surface area contributed by atoms with Crippen LogP contribution >= 0.6 is 23.2 Å². The van der Waals surface area contributed by atoms with Gasteiger partial charge in [-0.1, -0.05) is 11.6 Å². The molecule has 0 saturated carbocycles. The van der Waals surface area contributed by atoms with Crippen molar-refractivity contribution in [2.45, 2.75) is 13.1 Å². The summed E-state index contributed by atoms with van der Waals surface area (Å²) in [5, 5.41) is -1.20. The Bertz CT molecular complexity index is 413. The molecule has 0 N–H and O–H groups in total. The number of alkyl halides is 3. The molecule has 0 aromatic heterocycles. The molecule has 1 rings (SSSR count). The van der Waals surface area contributed by atoms with Crippen LogP contribution in [0.5, 0.6) is 0 Å². The number of rotatable bonds is 1.